The zero-order chi connectivity index (χ0) is 16.6. The van der Waals surface area contributed by atoms with Crippen molar-refractivity contribution in [2.45, 2.75) is 18.5 Å². The molecule has 1 aliphatic heterocycles. The number of rotatable bonds is 1. The molecule has 1 aliphatic rings. The Morgan fingerprint density at radius 3 is 2.61 bits per heavy atom. The van der Waals surface area contributed by atoms with Crippen LogP contribution in [0.25, 0.3) is 0 Å². The third-order valence-electron chi connectivity index (χ3n) is 3.96. The fourth-order valence-electron chi connectivity index (χ4n) is 2.86. The summed E-state index contributed by atoms with van der Waals surface area (Å²) in [6, 6.07) is 9.37. The first-order valence-corrected chi connectivity index (χ1v) is 8.72. The Morgan fingerprint density at radius 1 is 1.26 bits per heavy atom. The zero-order valence-electron chi connectivity index (χ0n) is 11.9. The van der Waals surface area contributed by atoms with Gasteiger partial charge in [0, 0.05) is 33.7 Å². The lowest BCUT2D eigenvalue weighted by Gasteiger charge is -2.25. The second-order valence-electron chi connectivity index (χ2n) is 5.39. The molecule has 0 saturated carbocycles. The van der Waals surface area contributed by atoms with Gasteiger partial charge in [0.05, 0.1) is 0 Å². The van der Waals surface area contributed by atoms with Gasteiger partial charge in [-0.25, -0.2) is 0 Å². The van der Waals surface area contributed by atoms with Gasteiger partial charge in [0.15, 0.2) is 0 Å². The van der Waals surface area contributed by atoms with Crippen LogP contribution in [0.5, 0.6) is 0 Å². The first kappa shape index (κ1) is 16.5. The number of hydrogen-bond donors (Lipinski definition) is 0. The van der Waals surface area contributed by atoms with Gasteiger partial charge in [-0.15, -0.1) is 11.3 Å². The molecule has 1 atom stereocenters. The molecule has 1 aromatic carbocycles. The third kappa shape index (κ3) is 3.30. The van der Waals surface area contributed by atoms with E-state index in [2.05, 4.69) is 15.9 Å². The van der Waals surface area contributed by atoms with Crippen LogP contribution in [0.15, 0.2) is 40.2 Å². The van der Waals surface area contributed by atoms with Crippen molar-refractivity contribution >= 4 is 33.2 Å². The molecule has 0 bridgehead atoms. The van der Waals surface area contributed by atoms with Crippen molar-refractivity contribution in [3.8, 4) is 0 Å². The van der Waals surface area contributed by atoms with Crippen LogP contribution in [0.3, 0.4) is 0 Å². The highest BCUT2D eigenvalue weighted by molar-refractivity contribution is 9.10. The fourth-order valence-corrected chi connectivity index (χ4v) is 4.78. The number of hydrogen-bond acceptors (Lipinski definition) is 2. The zero-order valence-corrected chi connectivity index (χ0v) is 14.3. The van der Waals surface area contributed by atoms with Crippen molar-refractivity contribution in [2.24, 2.45) is 0 Å². The molecule has 1 amide bonds. The number of nitrogens with zero attached hydrogens (tertiary/aromatic N) is 1. The van der Waals surface area contributed by atoms with Crippen molar-refractivity contribution in [1.29, 1.82) is 0 Å². The van der Waals surface area contributed by atoms with E-state index in [1.54, 1.807) is 0 Å². The maximum atomic E-state index is 12.8. The van der Waals surface area contributed by atoms with Crippen LogP contribution in [0, 0.1) is 0 Å². The number of carbonyl (C=O) groups excluding carboxylic acids is 1. The molecule has 3 rings (SSSR count). The van der Waals surface area contributed by atoms with Gasteiger partial charge in [-0.05, 0) is 33.5 Å². The number of halogens is 4. The quantitative estimate of drug-likeness (QED) is 0.681. The molecule has 0 saturated heterocycles. The molecule has 0 spiro atoms. The first-order chi connectivity index (χ1) is 10.9. The number of thiophene rings is 1. The van der Waals surface area contributed by atoms with Crippen LogP contribution >= 0.6 is 27.3 Å². The Kier molecular flexibility index (Phi) is 4.51. The predicted molar refractivity (Wildman–Crippen MR) is 86.6 cm³/mol. The molecule has 1 unspecified atom stereocenters. The molecule has 0 N–H and O–H groups in total. The number of alkyl halides is 3. The van der Waals surface area contributed by atoms with E-state index < -0.39 is 12.1 Å². The Balaban J connectivity index is 2.01. The van der Waals surface area contributed by atoms with E-state index in [1.165, 1.54) is 11.3 Å². The molecular weight excluding hydrogens is 391 g/mol. The summed E-state index contributed by atoms with van der Waals surface area (Å²) in [6.07, 6.45) is -4.42. The summed E-state index contributed by atoms with van der Waals surface area (Å²) in [6.45, 7) is 0.117. The van der Waals surface area contributed by atoms with Crippen LogP contribution in [0.1, 0.15) is 21.9 Å². The van der Waals surface area contributed by atoms with Gasteiger partial charge < -0.3 is 4.90 Å². The highest BCUT2D eigenvalue weighted by Crippen LogP contribution is 2.40. The van der Waals surface area contributed by atoms with E-state index >= 15 is 0 Å². The standard InChI is InChI=1S/C16H13BrF3NOS/c17-13-9-23-14-11(13)6-7-21(15(22)16(18,19)20)8-12(14)10-4-2-1-3-5-10/h1-5,9,12H,6-8H2. The Morgan fingerprint density at radius 2 is 1.96 bits per heavy atom. The van der Waals surface area contributed by atoms with Crippen molar-refractivity contribution < 1.29 is 18.0 Å². The minimum absolute atomic E-state index is 0.0440. The number of fused-ring (bicyclic) bond motifs is 1. The Labute approximate surface area is 144 Å². The minimum Gasteiger partial charge on any atom is -0.334 e. The van der Waals surface area contributed by atoms with Gasteiger partial charge in [0.1, 0.15) is 0 Å². The Bertz CT molecular complexity index is 714. The SMILES string of the molecule is O=C(N1CCc2c(Br)csc2C(c2ccccc2)C1)C(F)(F)F. The maximum absolute atomic E-state index is 12.8. The molecule has 2 heterocycles. The summed E-state index contributed by atoms with van der Waals surface area (Å²) in [5, 5.41) is 1.96. The van der Waals surface area contributed by atoms with Crippen LogP contribution in [-0.2, 0) is 11.2 Å². The number of carbonyl (C=O) groups is 1. The number of benzene rings is 1. The first-order valence-electron chi connectivity index (χ1n) is 7.04. The molecule has 122 valence electrons. The minimum atomic E-state index is -4.84. The largest absolute Gasteiger partial charge is 0.471 e. The average molecular weight is 404 g/mol. The lowest BCUT2D eigenvalue weighted by Crippen LogP contribution is -2.43. The van der Waals surface area contributed by atoms with E-state index in [0.717, 1.165) is 25.4 Å². The molecule has 7 heteroatoms. The normalized spacial score (nSPS) is 18.4. The van der Waals surface area contributed by atoms with E-state index in [1.807, 2.05) is 35.7 Å². The van der Waals surface area contributed by atoms with E-state index in [0.29, 0.717) is 6.42 Å². The molecule has 1 aromatic heterocycles. The van der Waals surface area contributed by atoms with Crippen molar-refractivity contribution in [3.05, 3.63) is 56.2 Å². The third-order valence-corrected chi connectivity index (χ3v) is 6.11. The summed E-state index contributed by atoms with van der Waals surface area (Å²) in [5.74, 6) is -2.00. The maximum Gasteiger partial charge on any atom is 0.471 e. The Hall–Kier alpha value is -1.34. The van der Waals surface area contributed by atoms with Crippen LogP contribution in [-0.4, -0.2) is 30.1 Å². The van der Waals surface area contributed by atoms with Gasteiger partial charge in [0.25, 0.3) is 0 Å². The van der Waals surface area contributed by atoms with Gasteiger partial charge >= 0.3 is 12.1 Å². The molecule has 23 heavy (non-hydrogen) atoms. The van der Waals surface area contributed by atoms with Gasteiger partial charge in [-0.1, -0.05) is 30.3 Å². The van der Waals surface area contributed by atoms with E-state index in [-0.39, 0.29) is 19.0 Å². The van der Waals surface area contributed by atoms with Crippen molar-refractivity contribution in [2.75, 3.05) is 13.1 Å². The van der Waals surface area contributed by atoms with Crippen LogP contribution in [0.2, 0.25) is 0 Å². The second kappa shape index (κ2) is 6.28. The highest BCUT2D eigenvalue weighted by atomic mass is 79.9. The number of amides is 1. The van der Waals surface area contributed by atoms with Gasteiger partial charge in [-0.3, -0.25) is 4.79 Å². The second-order valence-corrected chi connectivity index (χ2v) is 7.15. The predicted octanol–water partition coefficient (Wildman–Crippen LogP) is 4.59. The summed E-state index contributed by atoms with van der Waals surface area (Å²) < 4.78 is 39.4. The smallest absolute Gasteiger partial charge is 0.334 e. The topological polar surface area (TPSA) is 20.3 Å². The average Bonchev–Trinajstić information content (AvgIpc) is 2.78. The van der Waals surface area contributed by atoms with Crippen LogP contribution in [0.4, 0.5) is 13.2 Å². The highest BCUT2D eigenvalue weighted by Gasteiger charge is 2.44. The molecule has 0 aliphatic carbocycles. The molecule has 0 radical (unpaired) electrons. The molecular formula is C16H13BrF3NOS. The summed E-state index contributed by atoms with van der Waals surface area (Å²) in [5.41, 5.74) is 1.92. The van der Waals surface area contributed by atoms with Gasteiger partial charge in [-0.2, -0.15) is 13.2 Å². The van der Waals surface area contributed by atoms with E-state index in [9.17, 15) is 18.0 Å². The summed E-state index contributed by atoms with van der Waals surface area (Å²) in [7, 11) is 0. The van der Waals surface area contributed by atoms with Crippen molar-refractivity contribution in [1.82, 2.24) is 4.90 Å². The summed E-state index contributed by atoms with van der Waals surface area (Å²) in [4.78, 5) is 13.7. The molecule has 2 nitrogen and oxygen atoms in total. The lowest BCUT2D eigenvalue weighted by molar-refractivity contribution is -0.185. The summed E-state index contributed by atoms with van der Waals surface area (Å²) >= 11 is 4.99. The monoisotopic (exact) mass is 403 g/mol. The van der Waals surface area contributed by atoms with Crippen molar-refractivity contribution in [3.63, 3.8) is 0 Å². The van der Waals surface area contributed by atoms with Gasteiger partial charge in [0.2, 0.25) is 0 Å². The van der Waals surface area contributed by atoms with Crippen LogP contribution < -0.4 is 0 Å². The fraction of sp³-hybridized carbons (Fsp3) is 0.312. The molecule has 2 aromatic rings. The van der Waals surface area contributed by atoms with E-state index in [4.69, 9.17) is 0 Å². The molecule has 0 fully saturated rings. The lowest BCUT2D eigenvalue weighted by atomic mass is 9.95.